The zero-order valence-electron chi connectivity index (χ0n) is 28.3. The number of ether oxygens (including phenoxy) is 7. The largest absolute Gasteiger partial charge is 0.394 e. The van der Waals surface area contributed by atoms with Crippen molar-refractivity contribution in [3.05, 3.63) is 0 Å². The van der Waals surface area contributed by atoms with Gasteiger partial charge >= 0.3 is 0 Å². The lowest BCUT2D eigenvalue weighted by Crippen LogP contribution is -2.65. The fraction of sp³-hybridized carbons (Fsp3) is 1.00. The molecule has 23 unspecified atom stereocenters. The van der Waals surface area contributed by atoms with Crippen LogP contribution in [-0.4, -0.2) is 215 Å². The van der Waals surface area contributed by atoms with Gasteiger partial charge in [-0.15, -0.1) is 0 Å². The van der Waals surface area contributed by atoms with Crippen LogP contribution < -0.4 is 0 Å². The molecule has 0 bridgehead atoms. The second-order valence-corrected chi connectivity index (χ2v) is 15.0. The monoisotopic (exact) mass is 758 g/mol. The summed E-state index contributed by atoms with van der Waals surface area (Å²) in [5.41, 5.74) is 0. The van der Waals surface area contributed by atoms with E-state index in [0.717, 1.165) is 0 Å². The maximum absolute atomic E-state index is 11.4. The Labute approximate surface area is 298 Å². The van der Waals surface area contributed by atoms with E-state index in [1.165, 1.54) is 0 Å². The van der Waals surface area contributed by atoms with Crippen molar-refractivity contribution in [2.45, 2.75) is 167 Å². The van der Waals surface area contributed by atoms with Crippen molar-refractivity contribution in [3.8, 4) is 0 Å². The molecule has 302 valence electrons. The van der Waals surface area contributed by atoms with E-state index in [1.807, 2.05) is 0 Å². The normalized spacial score (nSPS) is 54.8. The second-order valence-electron chi connectivity index (χ2n) is 15.0. The molecule has 52 heavy (non-hydrogen) atoms. The predicted molar refractivity (Wildman–Crippen MR) is 165 cm³/mol. The molecule has 6 fully saturated rings. The van der Waals surface area contributed by atoms with Crippen molar-refractivity contribution in [1.82, 2.24) is 0 Å². The first-order valence-corrected chi connectivity index (χ1v) is 18.0. The zero-order chi connectivity index (χ0) is 37.6. The lowest BCUT2D eigenvalue weighted by Gasteiger charge is -2.51. The molecule has 2 aliphatic carbocycles. The number of rotatable bonds is 9. The molecule has 23 atom stereocenters. The molecule has 6 rings (SSSR count). The van der Waals surface area contributed by atoms with Crippen molar-refractivity contribution >= 4 is 0 Å². The molecule has 0 spiro atoms. The Hall–Kier alpha value is -0.800. The van der Waals surface area contributed by atoms with E-state index in [9.17, 15) is 66.4 Å². The molecule has 0 radical (unpaired) electrons. The first-order chi connectivity index (χ1) is 24.7. The van der Waals surface area contributed by atoms with Crippen LogP contribution in [0.15, 0.2) is 0 Å². The molecule has 6 aliphatic rings. The summed E-state index contributed by atoms with van der Waals surface area (Å²) < 4.78 is 41.3. The summed E-state index contributed by atoms with van der Waals surface area (Å²) in [6.07, 6.45) is -27.8. The summed E-state index contributed by atoms with van der Waals surface area (Å²) in [6, 6.07) is 0. The molecule has 4 aliphatic heterocycles. The van der Waals surface area contributed by atoms with Gasteiger partial charge in [0.1, 0.15) is 67.1 Å². The van der Waals surface area contributed by atoms with Crippen LogP contribution in [0.3, 0.4) is 0 Å². The number of hydrogen-bond acceptors (Lipinski definition) is 20. The summed E-state index contributed by atoms with van der Waals surface area (Å²) in [5, 5.41) is 136. The molecule has 0 aromatic carbocycles. The van der Waals surface area contributed by atoms with Crippen molar-refractivity contribution < 1.29 is 99.5 Å². The Bertz CT molecular complexity index is 1140. The third kappa shape index (κ3) is 8.47. The van der Waals surface area contributed by atoms with Gasteiger partial charge in [-0.1, -0.05) is 0 Å². The van der Waals surface area contributed by atoms with Crippen LogP contribution in [0.2, 0.25) is 0 Å². The smallest absolute Gasteiger partial charge is 0.187 e. The van der Waals surface area contributed by atoms with Crippen molar-refractivity contribution in [2.75, 3.05) is 19.8 Å². The Morgan fingerprint density at radius 1 is 0.538 bits per heavy atom. The molecule has 20 heteroatoms. The van der Waals surface area contributed by atoms with Gasteiger partial charge in [-0.05, 0) is 44.4 Å². The SMILES string of the molecule is OCC1OC(OCC2OC(OC3CC4C(O)CC(O)CC4OC3C3CCC(O)C(O)C3)C(OC3OCC(O)C(O)C3O)C(O)C2O)C(O)C(O)C1O. The minimum absolute atomic E-state index is 0.0925. The predicted octanol–water partition coefficient (Wildman–Crippen LogP) is -6.73. The van der Waals surface area contributed by atoms with Gasteiger partial charge < -0.3 is 99.5 Å². The van der Waals surface area contributed by atoms with E-state index in [4.69, 9.17) is 33.2 Å². The van der Waals surface area contributed by atoms with Gasteiger partial charge in [0.15, 0.2) is 18.9 Å². The van der Waals surface area contributed by atoms with E-state index in [0.29, 0.717) is 6.42 Å². The molecule has 0 aromatic rings. The fourth-order valence-electron chi connectivity index (χ4n) is 8.32. The molecular formula is C32H54O20. The molecule has 2 saturated carbocycles. The Kier molecular flexibility index (Phi) is 13.5. The molecule has 4 heterocycles. The van der Waals surface area contributed by atoms with Gasteiger partial charge in [0.2, 0.25) is 0 Å². The van der Waals surface area contributed by atoms with Crippen LogP contribution in [0.25, 0.3) is 0 Å². The van der Waals surface area contributed by atoms with Crippen molar-refractivity contribution in [1.29, 1.82) is 0 Å². The Morgan fingerprint density at radius 2 is 1.23 bits per heavy atom. The fourth-order valence-corrected chi connectivity index (χ4v) is 8.32. The highest BCUT2D eigenvalue weighted by Crippen LogP contribution is 2.44. The topological polar surface area (TPSA) is 328 Å². The van der Waals surface area contributed by atoms with E-state index >= 15 is 0 Å². The van der Waals surface area contributed by atoms with Crippen LogP contribution in [-0.2, 0) is 33.2 Å². The summed E-state index contributed by atoms with van der Waals surface area (Å²) in [7, 11) is 0. The van der Waals surface area contributed by atoms with Crippen LogP contribution in [0.4, 0.5) is 0 Å². The van der Waals surface area contributed by atoms with Crippen LogP contribution in [0.1, 0.15) is 38.5 Å². The highest BCUT2D eigenvalue weighted by atomic mass is 16.8. The molecule has 0 amide bonds. The van der Waals surface area contributed by atoms with Crippen molar-refractivity contribution in [2.24, 2.45) is 11.8 Å². The molecule has 20 nitrogen and oxygen atoms in total. The van der Waals surface area contributed by atoms with E-state index in [-0.39, 0.29) is 38.0 Å². The van der Waals surface area contributed by atoms with E-state index in [1.54, 1.807) is 0 Å². The number of fused-ring (bicyclic) bond motifs is 1. The van der Waals surface area contributed by atoms with Gasteiger partial charge in [-0.2, -0.15) is 0 Å². The van der Waals surface area contributed by atoms with E-state index < -0.39 is 154 Å². The van der Waals surface area contributed by atoms with Crippen LogP contribution in [0.5, 0.6) is 0 Å². The minimum atomic E-state index is -1.86. The van der Waals surface area contributed by atoms with Gasteiger partial charge in [0, 0.05) is 5.92 Å². The van der Waals surface area contributed by atoms with Gasteiger partial charge in [0.25, 0.3) is 0 Å². The highest BCUT2D eigenvalue weighted by Gasteiger charge is 2.54. The number of aliphatic hydroxyl groups excluding tert-OH is 13. The maximum atomic E-state index is 11.4. The number of hydrogen-bond donors (Lipinski definition) is 13. The maximum Gasteiger partial charge on any atom is 0.187 e. The van der Waals surface area contributed by atoms with Crippen LogP contribution in [0, 0.1) is 11.8 Å². The summed E-state index contributed by atoms with van der Waals surface area (Å²) >= 11 is 0. The lowest BCUT2D eigenvalue weighted by molar-refractivity contribution is -0.376. The Balaban J connectivity index is 1.25. The molecule has 4 saturated heterocycles. The standard InChI is InChI=1S/C32H54O20/c33-7-19-22(40)24(42)27(45)30(50-19)47-9-20-23(41)25(43)29(52-31-26(44)21(39)16(38)8-46-31)32(51-20)49-18-6-12-14(36)4-11(34)5-17(12)48-28(18)10-1-2-13(35)15(37)3-10/h10-45H,1-9H2. The second kappa shape index (κ2) is 17.1. The third-order valence-electron chi connectivity index (χ3n) is 11.5. The minimum Gasteiger partial charge on any atom is -0.394 e. The summed E-state index contributed by atoms with van der Waals surface area (Å²) in [6.45, 7) is -1.78. The Morgan fingerprint density at radius 3 is 1.94 bits per heavy atom. The zero-order valence-corrected chi connectivity index (χ0v) is 28.3. The molecular weight excluding hydrogens is 704 g/mol. The molecule has 13 N–H and O–H groups in total. The van der Waals surface area contributed by atoms with E-state index in [2.05, 4.69) is 0 Å². The first-order valence-electron chi connectivity index (χ1n) is 18.0. The first kappa shape index (κ1) is 40.9. The summed E-state index contributed by atoms with van der Waals surface area (Å²) in [4.78, 5) is 0. The van der Waals surface area contributed by atoms with Crippen LogP contribution >= 0.6 is 0 Å². The average molecular weight is 759 g/mol. The van der Waals surface area contributed by atoms with Gasteiger partial charge in [-0.3, -0.25) is 0 Å². The number of aliphatic hydroxyl groups is 13. The summed E-state index contributed by atoms with van der Waals surface area (Å²) in [5.74, 6) is -0.878. The lowest BCUT2D eigenvalue weighted by atomic mass is 9.72. The quantitative estimate of drug-likeness (QED) is 0.104. The van der Waals surface area contributed by atoms with Gasteiger partial charge in [0.05, 0.1) is 62.5 Å². The highest BCUT2D eigenvalue weighted by molar-refractivity contribution is 5.00. The van der Waals surface area contributed by atoms with Gasteiger partial charge in [-0.25, -0.2) is 0 Å². The third-order valence-corrected chi connectivity index (χ3v) is 11.5. The van der Waals surface area contributed by atoms with Crippen molar-refractivity contribution in [3.63, 3.8) is 0 Å². The average Bonchev–Trinajstić information content (AvgIpc) is 3.11. The molecule has 0 aromatic heterocycles.